The maximum atomic E-state index is 13.2. The molecule has 2 amide bonds. The van der Waals surface area contributed by atoms with E-state index in [1.165, 1.54) is 19.0 Å². The van der Waals surface area contributed by atoms with Gasteiger partial charge in [-0.05, 0) is 23.3 Å². The largest absolute Gasteiger partial charge is 0.497 e. The molecule has 30 heavy (non-hydrogen) atoms. The minimum Gasteiger partial charge on any atom is -0.497 e. The molecule has 2 aromatic carbocycles. The van der Waals surface area contributed by atoms with Gasteiger partial charge in [-0.1, -0.05) is 42.5 Å². The van der Waals surface area contributed by atoms with Gasteiger partial charge in [0.25, 0.3) is 0 Å². The van der Waals surface area contributed by atoms with E-state index in [0.717, 1.165) is 16.1 Å². The zero-order valence-electron chi connectivity index (χ0n) is 17.5. The Balaban J connectivity index is 2.45. The van der Waals surface area contributed by atoms with E-state index in [9.17, 15) is 18.0 Å². The molecular weight excluding hydrogens is 406 g/mol. The highest BCUT2D eigenvalue weighted by molar-refractivity contribution is 7.88. The van der Waals surface area contributed by atoms with E-state index in [0.29, 0.717) is 11.3 Å². The number of methoxy groups -OCH3 is 1. The third kappa shape index (κ3) is 6.04. The van der Waals surface area contributed by atoms with Crippen LogP contribution in [0.3, 0.4) is 0 Å². The van der Waals surface area contributed by atoms with Crippen molar-refractivity contribution in [1.29, 1.82) is 0 Å². The first-order chi connectivity index (χ1) is 14.2. The van der Waals surface area contributed by atoms with Crippen LogP contribution < -0.4 is 10.1 Å². The van der Waals surface area contributed by atoms with Gasteiger partial charge in [-0.25, -0.2) is 8.42 Å². The normalized spacial score (nSPS) is 12.3. The third-order valence-electron chi connectivity index (χ3n) is 4.68. The number of carbonyl (C=O) groups excluding carboxylic acids is 2. The summed E-state index contributed by atoms with van der Waals surface area (Å²) in [5, 5.41) is 2.60. The molecule has 0 spiro atoms. The summed E-state index contributed by atoms with van der Waals surface area (Å²) >= 11 is 0. The molecule has 9 heteroatoms. The predicted octanol–water partition coefficient (Wildman–Crippen LogP) is 1.40. The number of benzene rings is 2. The SMILES string of the molecule is CNC(=O)[C@@H](c1ccccc1)N(Cc1ccc(OC)cc1)C(=O)CN(C)S(C)(=O)=O. The van der Waals surface area contributed by atoms with Crippen molar-refractivity contribution < 1.29 is 22.7 Å². The van der Waals surface area contributed by atoms with E-state index in [-0.39, 0.29) is 19.0 Å². The summed E-state index contributed by atoms with van der Waals surface area (Å²) in [7, 11) is 0.824. The number of hydrogen-bond donors (Lipinski definition) is 1. The molecule has 0 aliphatic rings. The molecule has 1 N–H and O–H groups in total. The average molecular weight is 434 g/mol. The molecule has 0 aromatic heterocycles. The van der Waals surface area contributed by atoms with Gasteiger partial charge in [-0.2, -0.15) is 4.31 Å². The number of amides is 2. The molecule has 1 atom stereocenters. The van der Waals surface area contributed by atoms with Gasteiger partial charge in [0.05, 0.1) is 19.9 Å². The van der Waals surface area contributed by atoms with Crippen molar-refractivity contribution in [1.82, 2.24) is 14.5 Å². The van der Waals surface area contributed by atoms with Crippen molar-refractivity contribution in [2.75, 3.05) is 34.0 Å². The lowest BCUT2D eigenvalue weighted by Crippen LogP contribution is -2.46. The fourth-order valence-corrected chi connectivity index (χ4v) is 3.24. The van der Waals surface area contributed by atoms with Crippen LogP contribution in [-0.2, 0) is 26.2 Å². The highest BCUT2D eigenvalue weighted by Crippen LogP contribution is 2.25. The Kier molecular flexibility index (Phi) is 7.96. The molecule has 8 nitrogen and oxygen atoms in total. The van der Waals surface area contributed by atoms with Gasteiger partial charge in [-0.3, -0.25) is 9.59 Å². The van der Waals surface area contributed by atoms with Crippen molar-refractivity contribution in [3.63, 3.8) is 0 Å². The topological polar surface area (TPSA) is 96.0 Å². The van der Waals surface area contributed by atoms with Crippen molar-refractivity contribution in [3.8, 4) is 5.75 Å². The van der Waals surface area contributed by atoms with Gasteiger partial charge in [0, 0.05) is 20.6 Å². The number of carbonyl (C=O) groups is 2. The van der Waals surface area contributed by atoms with Crippen molar-refractivity contribution in [3.05, 3.63) is 65.7 Å². The molecule has 0 radical (unpaired) electrons. The molecule has 0 fully saturated rings. The Labute approximate surface area is 177 Å². The van der Waals surface area contributed by atoms with Crippen LogP contribution in [0.2, 0.25) is 0 Å². The summed E-state index contributed by atoms with van der Waals surface area (Å²) in [6.07, 6.45) is 1.03. The van der Waals surface area contributed by atoms with Crippen LogP contribution in [0.5, 0.6) is 5.75 Å². The van der Waals surface area contributed by atoms with Gasteiger partial charge in [0.15, 0.2) is 0 Å². The fraction of sp³-hybridized carbons (Fsp3) is 0.333. The lowest BCUT2D eigenvalue weighted by Gasteiger charge is -2.32. The molecule has 2 aromatic rings. The molecular formula is C21H27N3O5S. The second-order valence-electron chi connectivity index (χ2n) is 6.82. The van der Waals surface area contributed by atoms with Crippen LogP contribution in [0.15, 0.2) is 54.6 Å². The smallest absolute Gasteiger partial charge is 0.247 e. The summed E-state index contributed by atoms with van der Waals surface area (Å²) in [6.45, 7) is -0.261. The number of sulfonamides is 1. The number of hydrogen-bond acceptors (Lipinski definition) is 5. The highest BCUT2D eigenvalue weighted by atomic mass is 32.2. The number of likely N-dealkylation sites (N-methyl/N-ethyl adjacent to an activating group) is 2. The van der Waals surface area contributed by atoms with E-state index in [1.807, 2.05) is 6.07 Å². The minimum atomic E-state index is -3.56. The monoisotopic (exact) mass is 433 g/mol. The summed E-state index contributed by atoms with van der Waals surface area (Å²) in [4.78, 5) is 27.3. The lowest BCUT2D eigenvalue weighted by atomic mass is 10.0. The third-order valence-corrected chi connectivity index (χ3v) is 5.94. The Morgan fingerprint density at radius 3 is 2.17 bits per heavy atom. The molecule has 0 bridgehead atoms. The standard InChI is InChI=1S/C21H27N3O5S/c1-22-21(26)20(17-8-6-5-7-9-17)24(19(25)15-23(2)30(4,27)28)14-16-10-12-18(29-3)13-11-16/h5-13,20H,14-15H2,1-4H3,(H,22,26)/t20-/m1/s1. The maximum Gasteiger partial charge on any atom is 0.247 e. The minimum absolute atomic E-state index is 0.118. The van der Waals surface area contributed by atoms with E-state index in [1.54, 1.807) is 55.6 Å². The van der Waals surface area contributed by atoms with E-state index in [2.05, 4.69) is 5.32 Å². The number of rotatable bonds is 9. The van der Waals surface area contributed by atoms with Crippen LogP contribution in [0.25, 0.3) is 0 Å². The predicted molar refractivity (Wildman–Crippen MR) is 114 cm³/mol. The molecule has 162 valence electrons. The molecule has 0 saturated heterocycles. The van der Waals surface area contributed by atoms with Crippen LogP contribution >= 0.6 is 0 Å². The summed E-state index contributed by atoms with van der Waals surface area (Å²) in [6, 6.07) is 15.1. The quantitative estimate of drug-likeness (QED) is 0.645. The first-order valence-electron chi connectivity index (χ1n) is 9.27. The molecule has 0 aliphatic carbocycles. The van der Waals surface area contributed by atoms with E-state index >= 15 is 0 Å². The Hall–Kier alpha value is -2.91. The number of nitrogens with one attached hydrogen (secondary N) is 1. The van der Waals surface area contributed by atoms with E-state index < -0.39 is 22.0 Å². The van der Waals surface area contributed by atoms with Crippen molar-refractivity contribution in [2.24, 2.45) is 0 Å². The Morgan fingerprint density at radius 2 is 1.67 bits per heavy atom. The second kappa shape index (κ2) is 10.2. The first kappa shape index (κ1) is 23.4. The van der Waals surface area contributed by atoms with E-state index in [4.69, 9.17) is 4.74 Å². The zero-order chi connectivity index (χ0) is 22.3. The summed E-state index contributed by atoms with van der Waals surface area (Å²) in [5.74, 6) is -0.194. The van der Waals surface area contributed by atoms with Crippen LogP contribution in [-0.4, -0.2) is 63.4 Å². The molecule has 0 heterocycles. The Morgan fingerprint density at radius 1 is 1.07 bits per heavy atom. The zero-order valence-corrected chi connectivity index (χ0v) is 18.3. The van der Waals surface area contributed by atoms with Gasteiger partial charge in [-0.15, -0.1) is 0 Å². The number of ether oxygens (including phenoxy) is 1. The van der Waals surface area contributed by atoms with Crippen molar-refractivity contribution in [2.45, 2.75) is 12.6 Å². The maximum absolute atomic E-state index is 13.2. The second-order valence-corrected chi connectivity index (χ2v) is 8.91. The van der Waals surface area contributed by atoms with Gasteiger partial charge in [0.2, 0.25) is 21.8 Å². The van der Waals surface area contributed by atoms with Crippen molar-refractivity contribution >= 4 is 21.8 Å². The number of nitrogens with zero attached hydrogens (tertiary/aromatic N) is 2. The van der Waals surface area contributed by atoms with Crippen LogP contribution in [0, 0.1) is 0 Å². The van der Waals surface area contributed by atoms with Gasteiger partial charge < -0.3 is 15.0 Å². The Bertz CT molecular complexity index is 962. The summed E-state index contributed by atoms with van der Waals surface area (Å²) < 4.78 is 29.7. The molecule has 0 saturated carbocycles. The van der Waals surface area contributed by atoms with Gasteiger partial charge in [0.1, 0.15) is 11.8 Å². The lowest BCUT2D eigenvalue weighted by molar-refractivity contribution is -0.141. The highest BCUT2D eigenvalue weighted by Gasteiger charge is 2.32. The summed E-state index contributed by atoms with van der Waals surface area (Å²) in [5.41, 5.74) is 1.40. The molecule has 2 rings (SSSR count). The molecule has 0 aliphatic heterocycles. The average Bonchev–Trinajstić information content (AvgIpc) is 2.73. The first-order valence-corrected chi connectivity index (χ1v) is 11.1. The van der Waals surface area contributed by atoms with Crippen LogP contribution in [0.1, 0.15) is 17.2 Å². The van der Waals surface area contributed by atoms with Crippen LogP contribution in [0.4, 0.5) is 0 Å². The molecule has 0 unspecified atom stereocenters. The fourth-order valence-electron chi connectivity index (χ4n) is 2.89. The van der Waals surface area contributed by atoms with Gasteiger partial charge >= 0.3 is 0 Å².